The van der Waals surface area contributed by atoms with E-state index < -0.39 is 11.7 Å². The third-order valence-electron chi connectivity index (χ3n) is 5.44. The van der Waals surface area contributed by atoms with Crippen molar-refractivity contribution in [3.05, 3.63) is 66.5 Å². The van der Waals surface area contributed by atoms with E-state index in [0.717, 1.165) is 37.1 Å². The van der Waals surface area contributed by atoms with E-state index in [0.29, 0.717) is 35.0 Å². The minimum atomic E-state index is -4.40. The molecular formula is C23H20F3N5O. The quantitative estimate of drug-likeness (QED) is 0.425. The van der Waals surface area contributed by atoms with Crippen molar-refractivity contribution in [2.45, 2.75) is 31.7 Å². The third-order valence-corrected chi connectivity index (χ3v) is 5.44. The molecule has 5 rings (SSSR count). The molecule has 0 saturated carbocycles. The van der Waals surface area contributed by atoms with Crippen molar-refractivity contribution in [1.82, 2.24) is 19.5 Å². The van der Waals surface area contributed by atoms with E-state index in [2.05, 4.69) is 15.3 Å². The summed E-state index contributed by atoms with van der Waals surface area (Å²) in [6.07, 6.45) is -0.401. The van der Waals surface area contributed by atoms with Gasteiger partial charge >= 0.3 is 6.18 Å². The molecule has 0 spiro atoms. The van der Waals surface area contributed by atoms with Crippen LogP contribution in [0.3, 0.4) is 0 Å². The molecule has 9 heteroatoms. The summed E-state index contributed by atoms with van der Waals surface area (Å²) in [5.74, 6) is 0.548. The second kappa shape index (κ2) is 8.23. The summed E-state index contributed by atoms with van der Waals surface area (Å²) >= 11 is 0. The largest absolute Gasteiger partial charge is 0.416 e. The van der Waals surface area contributed by atoms with Crippen molar-refractivity contribution in [2.75, 3.05) is 11.9 Å². The lowest BCUT2D eigenvalue weighted by Crippen LogP contribution is -2.19. The van der Waals surface area contributed by atoms with Crippen molar-refractivity contribution in [3.63, 3.8) is 0 Å². The van der Waals surface area contributed by atoms with Gasteiger partial charge in [0.2, 0.25) is 5.95 Å². The Labute approximate surface area is 182 Å². The Morgan fingerprint density at radius 1 is 0.969 bits per heavy atom. The molecule has 1 saturated heterocycles. The summed E-state index contributed by atoms with van der Waals surface area (Å²) in [5, 5.41) is 3.32. The highest BCUT2D eigenvalue weighted by atomic mass is 19.4. The summed E-state index contributed by atoms with van der Waals surface area (Å²) in [5.41, 5.74) is 2.21. The van der Waals surface area contributed by atoms with Crippen molar-refractivity contribution in [2.24, 2.45) is 0 Å². The number of fused-ring (bicyclic) bond motifs is 1. The maximum absolute atomic E-state index is 13.0. The first-order valence-electron chi connectivity index (χ1n) is 10.3. The van der Waals surface area contributed by atoms with Gasteiger partial charge in [-0.3, -0.25) is 4.57 Å². The first-order valence-corrected chi connectivity index (χ1v) is 10.3. The van der Waals surface area contributed by atoms with E-state index in [-0.39, 0.29) is 6.23 Å². The highest BCUT2D eigenvalue weighted by molar-refractivity contribution is 5.89. The predicted octanol–water partition coefficient (Wildman–Crippen LogP) is 5.95. The van der Waals surface area contributed by atoms with Crippen LogP contribution in [0.4, 0.5) is 24.8 Å². The minimum Gasteiger partial charge on any atom is -0.358 e. The van der Waals surface area contributed by atoms with Crippen LogP contribution in [0.2, 0.25) is 0 Å². The molecule has 0 amide bonds. The molecule has 0 bridgehead atoms. The minimum absolute atomic E-state index is 0.240. The number of para-hydroxylation sites is 1. The van der Waals surface area contributed by atoms with Crippen molar-refractivity contribution >= 4 is 22.8 Å². The Kier molecular flexibility index (Phi) is 5.26. The lowest BCUT2D eigenvalue weighted by Gasteiger charge is -2.25. The van der Waals surface area contributed by atoms with Crippen LogP contribution in [0.1, 0.15) is 31.1 Å². The van der Waals surface area contributed by atoms with Crippen LogP contribution >= 0.6 is 0 Å². The van der Waals surface area contributed by atoms with E-state index in [4.69, 9.17) is 9.72 Å². The zero-order valence-electron chi connectivity index (χ0n) is 17.0. The molecule has 1 aliphatic heterocycles. The number of ether oxygens (including phenoxy) is 1. The number of nitrogens with zero attached hydrogens (tertiary/aromatic N) is 4. The number of hydrogen-bond acceptors (Lipinski definition) is 5. The van der Waals surface area contributed by atoms with Gasteiger partial charge in [0, 0.05) is 17.9 Å². The molecule has 1 aliphatic rings. The van der Waals surface area contributed by atoms with Crippen LogP contribution < -0.4 is 5.32 Å². The average molecular weight is 439 g/mol. The smallest absolute Gasteiger partial charge is 0.358 e. The Balaban J connectivity index is 1.63. The van der Waals surface area contributed by atoms with Crippen LogP contribution in [0.15, 0.2) is 60.9 Å². The monoisotopic (exact) mass is 439 g/mol. The highest BCUT2D eigenvalue weighted by Crippen LogP contribution is 2.35. The molecule has 1 N–H and O–H groups in total. The number of benzene rings is 2. The molecule has 2 aromatic carbocycles. The third kappa shape index (κ3) is 3.91. The van der Waals surface area contributed by atoms with Crippen LogP contribution in [0.25, 0.3) is 22.4 Å². The summed E-state index contributed by atoms with van der Waals surface area (Å²) in [4.78, 5) is 13.5. The molecule has 4 aromatic rings. The van der Waals surface area contributed by atoms with Gasteiger partial charge in [-0.15, -0.1) is 0 Å². The van der Waals surface area contributed by atoms with Gasteiger partial charge < -0.3 is 10.1 Å². The Morgan fingerprint density at radius 3 is 2.44 bits per heavy atom. The fourth-order valence-electron chi connectivity index (χ4n) is 3.88. The van der Waals surface area contributed by atoms with Crippen molar-refractivity contribution < 1.29 is 17.9 Å². The van der Waals surface area contributed by atoms with Crippen molar-refractivity contribution in [1.29, 1.82) is 0 Å². The number of alkyl halides is 3. The SMILES string of the molecule is FC(F)(F)c1ccc(-c2ncnc3c2nc(Nc2ccccc2)n3C2CCCCO2)cc1. The maximum atomic E-state index is 13.0. The van der Waals surface area contributed by atoms with E-state index in [1.807, 2.05) is 34.9 Å². The van der Waals surface area contributed by atoms with Crippen LogP contribution in [0, 0.1) is 0 Å². The van der Waals surface area contributed by atoms with E-state index in [9.17, 15) is 13.2 Å². The number of nitrogens with one attached hydrogen (secondary N) is 1. The first-order chi connectivity index (χ1) is 15.5. The number of rotatable bonds is 4. The molecule has 1 atom stereocenters. The second-order valence-electron chi connectivity index (χ2n) is 7.59. The molecule has 32 heavy (non-hydrogen) atoms. The van der Waals surface area contributed by atoms with Gasteiger partial charge in [0.15, 0.2) is 5.65 Å². The Morgan fingerprint density at radius 2 is 1.75 bits per heavy atom. The van der Waals surface area contributed by atoms with E-state index in [1.54, 1.807) is 0 Å². The lowest BCUT2D eigenvalue weighted by molar-refractivity contribution is -0.137. The molecule has 0 aliphatic carbocycles. The topological polar surface area (TPSA) is 64.9 Å². The number of imidazole rings is 1. The second-order valence-corrected chi connectivity index (χ2v) is 7.59. The molecule has 1 fully saturated rings. The van der Waals surface area contributed by atoms with Gasteiger partial charge in [-0.1, -0.05) is 30.3 Å². The molecule has 1 unspecified atom stereocenters. The zero-order valence-corrected chi connectivity index (χ0v) is 17.0. The molecule has 6 nitrogen and oxygen atoms in total. The number of aromatic nitrogens is 4. The number of anilines is 2. The fourth-order valence-corrected chi connectivity index (χ4v) is 3.88. The lowest BCUT2D eigenvalue weighted by atomic mass is 10.1. The molecule has 164 valence electrons. The van der Waals surface area contributed by atoms with Gasteiger partial charge in [-0.05, 0) is 43.5 Å². The van der Waals surface area contributed by atoms with Gasteiger partial charge in [0.25, 0.3) is 0 Å². The summed E-state index contributed by atoms with van der Waals surface area (Å²) in [6, 6.07) is 14.5. The molecule has 3 heterocycles. The van der Waals surface area contributed by atoms with E-state index in [1.165, 1.54) is 18.5 Å². The first kappa shape index (κ1) is 20.4. The van der Waals surface area contributed by atoms with E-state index >= 15 is 0 Å². The summed E-state index contributed by atoms with van der Waals surface area (Å²) in [7, 11) is 0. The number of hydrogen-bond donors (Lipinski definition) is 1. The Hall–Kier alpha value is -3.46. The van der Waals surface area contributed by atoms with Crippen LogP contribution in [-0.2, 0) is 10.9 Å². The van der Waals surface area contributed by atoms with Crippen molar-refractivity contribution in [3.8, 4) is 11.3 Å². The molecule has 2 aromatic heterocycles. The fraction of sp³-hybridized carbons (Fsp3) is 0.261. The Bertz CT molecular complexity index is 1220. The van der Waals surface area contributed by atoms with Crippen LogP contribution in [-0.4, -0.2) is 26.1 Å². The number of halogens is 3. The molecule has 0 radical (unpaired) electrons. The average Bonchev–Trinajstić information content (AvgIpc) is 3.17. The predicted molar refractivity (Wildman–Crippen MR) is 114 cm³/mol. The van der Waals surface area contributed by atoms with Gasteiger partial charge in [0.1, 0.15) is 23.8 Å². The maximum Gasteiger partial charge on any atom is 0.416 e. The van der Waals surface area contributed by atoms with Gasteiger partial charge in [-0.2, -0.15) is 13.2 Å². The van der Waals surface area contributed by atoms with Gasteiger partial charge in [0.05, 0.1) is 5.56 Å². The van der Waals surface area contributed by atoms with Gasteiger partial charge in [-0.25, -0.2) is 15.0 Å². The normalized spacial score (nSPS) is 16.9. The summed E-state index contributed by atoms with van der Waals surface area (Å²) < 4.78 is 46.9. The molecular weight excluding hydrogens is 419 g/mol. The zero-order chi connectivity index (χ0) is 22.1. The standard InChI is InChI=1S/C23H20F3N5O/c24-23(25,26)16-11-9-15(10-12-16)19-20-21(28-14-27-19)31(18-8-4-5-13-32-18)22(30-20)29-17-6-2-1-3-7-17/h1-3,6-7,9-12,14,18H,4-5,8,13H2,(H,29,30). The summed E-state index contributed by atoms with van der Waals surface area (Å²) in [6.45, 7) is 0.645. The highest BCUT2D eigenvalue weighted by Gasteiger charge is 2.30. The van der Waals surface area contributed by atoms with Crippen LogP contribution in [0.5, 0.6) is 0 Å².